The highest BCUT2D eigenvalue weighted by atomic mass is 32.1. The van der Waals surface area contributed by atoms with Crippen molar-refractivity contribution in [1.29, 1.82) is 0 Å². The van der Waals surface area contributed by atoms with Gasteiger partial charge in [-0.1, -0.05) is 13.3 Å². The van der Waals surface area contributed by atoms with Crippen LogP contribution in [0, 0.1) is 6.92 Å². The summed E-state index contributed by atoms with van der Waals surface area (Å²) in [5.74, 6) is 2.47. The Morgan fingerprint density at radius 2 is 1.89 bits per heavy atom. The van der Waals surface area contributed by atoms with Crippen molar-refractivity contribution in [2.24, 2.45) is 0 Å². The molecule has 0 fully saturated rings. The van der Waals surface area contributed by atoms with Crippen LogP contribution < -0.4 is 14.2 Å². The second-order valence-electron chi connectivity index (χ2n) is 8.76. The van der Waals surface area contributed by atoms with E-state index in [1.165, 1.54) is 5.56 Å². The van der Waals surface area contributed by atoms with Crippen LogP contribution in [0.25, 0.3) is 21.5 Å². The van der Waals surface area contributed by atoms with E-state index in [1.807, 2.05) is 55.8 Å². The van der Waals surface area contributed by atoms with E-state index in [4.69, 9.17) is 14.2 Å². The van der Waals surface area contributed by atoms with Gasteiger partial charge in [-0.25, -0.2) is 4.98 Å². The molecule has 0 unspecified atom stereocenters. The number of nitrogens with zero attached hydrogens (tertiary/aromatic N) is 2. The maximum atomic E-state index is 11.1. The molecule has 0 aliphatic carbocycles. The monoisotopic (exact) mass is 506 g/mol. The van der Waals surface area contributed by atoms with Gasteiger partial charge in [-0.05, 0) is 75.2 Å². The van der Waals surface area contributed by atoms with Crippen LogP contribution in [0.2, 0.25) is 0 Å². The maximum Gasteiger partial charge on any atom is 0.227 e. The van der Waals surface area contributed by atoms with Gasteiger partial charge in [0.1, 0.15) is 22.8 Å². The zero-order chi connectivity index (χ0) is 25.5. The van der Waals surface area contributed by atoms with Crippen LogP contribution in [-0.2, 0) is 11.2 Å². The minimum absolute atomic E-state index is 0.184. The Labute approximate surface area is 216 Å². The Bertz CT molecular complexity index is 1310. The average molecular weight is 507 g/mol. The van der Waals surface area contributed by atoms with Crippen LogP contribution in [0.1, 0.15) is 50.1 Å². The van der Waals surface area contributed by atoms with E-state index < -0.39 is 0 Å². The van der Waals surface area contributed by atoms with Gasteiger partial charge in [0.05, 0.1) is 30.7 Å². The second kappa shape index (κ2) is 12.1. The Kier molecular flexibility index (Phi) is 8.65. The number of hydrogen-bond donors (Lipinski definition) is 0. The molecule has 4 aromatic rings. The highest BCUT2D eigenvalue weighted by Gasteiger charge is 2.13. The number of fused-ring (bicyclic) bond motifs is 1. The first kappa shape index (κ1) is 25.8. The van der Waals surface area contributed by atoms with Gasteiger partial charge in [0.25, 0.3) is 0 Å². The van der Waals surface area contributed by atoms with Crippen molar-refractivity contribution in [3.05, 3.63) is 59.1 Å². The van der Waals surface area contributed by atoms with E-state index in [9.17, 15) is 4.79 Å². The van der Waals surface area contributed by atoms with Gasteiger partial charge in [0.15, 0.2) is 0 Å². The molecule has 0 bridgehead atoms. The fourth-order valence-corrected chi connectivity index (χ4v) is 5.03. The number of thiazole rings is 1. The quantitative estimate of drug-likeness (QED) is 0.144. The summed E-state index contributed by atoms with van der Waals surface area (Å²) < 4.78 is 19.7. The number of hydrogen-bond acceptors (Lipinski definition) is 6. The molecule has 0 spiro atoms. The first-order valence-corrected chi connectivity index (χ1v) is 13.4. The molecular formula is C29H34N2O4S. The zero-order valence-electron chi connectivity index (χ0n) is 21.5. The molecule has 36 heavy (non-hydrogen) atoms. The zero-order valence-corrected chi connectivity index (χ0v) is 22.3. The number of benzene rings is 2. The molecule has 1 atom stereocenters. The summed E-state index contributed by atoms with van der Waals surface area (Å²) in [7, 11) is 0. The molecule has 4 rings (SSSR count). The first-order valence-electron chi connectivity index (χ1n) is 12.6. The van der Waals surface area contributed by atoms with E-state index >= 15 is 0 Å². The van der Waals surface area contributed by atoms with Gasteiger partial charge in [0.2, 0.25) is 5.88 Å². The summed E-state index contributed by atoms with van der Waals surface area (Å²) in [5.41, 5.74) is 3.32. The maximum absolute atomic E-state index is 11.1. The summed E-state index contributed by atoms with van der Waals surface area (Å²) in [6.07, 6.45) is 5.65. The fraction of sp³-hybridized carbons (Fsp3) is 0.379. The van der Waals surface area contributed by atoms with Gasteiger partial charge in [0, 0.05) is 29.1 Å². The number of aromatic nitrogens is 2. The lowest BCUT2D eigenvalue weighted by atomic mass is 10.1. The van der Waals surface area contributed by atoms with Crippen molar-refractivity contribution in [3.63, 3.8) is 0 Å². The summed E-state index contributed by atoms with van der Waals surface area (Å²) in [4.78, 5) is 16.9. The lowest BCUT2D eigenvalue weighted by Crippen LogP contribution is -2.06. The van der Waals surface area contributed by atoms with Crippen LogP contribution in [0.15, 0.2) is 48.7 Å². The molecule has 0 amide bonds. The van der Waals surface area contributed by atoms with E-state index in [2.05, 4.69) is 30.1 Å². The summed E-state index contributed by atoms with van der Waals surface area (Å²) in [5, 5.41) is 2.03. The topological polar surface area (TPSA) is 62.6 Å². The van der Waals surface area contributed by atoms with Crippen molar-refractivity contribution in [1.82, 2.24) is 9.55 Å². The average Bonchev–Trinajstić information content (AvgIpc) is 3.47. The molecular weight excluding hydrogens is 472 g/mol. The number of carbonyl (C=O) groups excluding carboxylic acids is 1. The van der Waals surface area contributed by atoms with Crippen molar-refractivity contribution in [2.45, 2.75) is 53.0 Å². The van der Waals surface area contributed by atoms with Crippen molar-refractivity contribution in [3.8, 4) is 28.0 Å². The normalized spacial score (nSPS) is 12.0. The molecule has 190 valence electrons. The van der Waals surface area contributed by atoms with Crippen LogP contribution >= 0.6 is 11.3 Å². The van der Waals surface area contributed by atoms with Crippen molar-refractivity contribution >= 4 is 28.5 Å². The Balaban J connectivity index is 1.33. The van der Waals surface area contributed by atoms with Crippen LogP contribution in [0.3, 0.4) is 0 Å². The molecule has 0 aliphatic rings. The lowest BCUT2D eigenvalue weighted by molar-refractivity contribution is -0.110. The minimum Gasteiger partial charge on any atom is -0.493 e. The van der Waals surface area contributed by atoms with Gasteiger partial charge in [-0.2, -0.15) is 0 Å². The Hall–Kier alpha value is -3.32. The van der Waals surface area contributed by atoms with Crippen LogP contribution in [-0.4, -0.2) is 35.7 Å². The highest BCUT2D eigenvalue weighted by Crippen LogP contribution is 2.34. The Morgan fingerprint density at radius 3 is 2.67 bits per heavy atom. The fourth-order valence-electron chi connectivity index (χ4n) is 4.18. The lowest BCUT2D eigenvalue weighted by Gasteiger charge is -2.13. The molecule has 2 aromatic heterocycles. The van der Waals surface area contributed by atoms with E-state index in [1.54, 1.807) is 11.3 Å². The molecule has 0 aliphatic heterocycles. The molecule has 0 saturated heterocycles. The second-order valence-corrected chi connectivity index (χ2v) is 9.96. The molecule has 7 heteroatoms. The predicted octanol–water partition coefficient (Wildman–Crippen LogP) is 7.03. The summed E-state index contributed by atoms with van der Waals surface area (Å²) >= 11 is 1.66. The van der Waals surface area contributed by atoms with Gasteiger partial charge in [-0.3, -0.25) is 0 Å². The molecule has 0 radical (unpaired) electrons. The third kappa shape index (κ3) is 5.90. The highest BCUT2D eigenvalue weighted by molar-refractivity contribution is 7.15. The van der Waals surface area contributed by atoms with Crippen LogP contribution in [0.5, 0.6) is 17.4 Å². The summed E-state index contributed by atoms with van der Waals surface area (Å²) in [6, 6.07) is 14.1. The number of carbonyl (C=O) groups is 1. The minimum atomic E-state index is -0.184. The van der Waals surface area contributed by atoms with Crippen LogP contribution in [0.4, 0.5) is 0 Å². The molecule has 0 saturated carbocycles. The van der Waals surface area contributed by atoms with Crippen molar-refractivity contribution < 1.29 is 19.0 Å². The smallest absolute Gasteiger partial charge is 0.227 e. The van der Waals surface area contributed by atoms with Gasteiger partial charge < -0.3 is 23.6 Å². The molecule has 2 aromatic carbocycles. The Morgan fingerprint density at radius 1 is 1.06 bits per heavy atom. The number of aldehydes is 1. The largest absolute Gasteiger partial charge is 0.493 e. The molecule has 2 heterocycles. The van der Waals surface area contributed by atoms with E-state index in [0.29, 0.717) is 19.8 Å². The van der Waals surface area contributed by atoms with E-state index in [-0.39, 0.29) is 6.04 Å². The summed E-state index contributed by atoms with van der Waals surface area (Å²) in [6.45, 7) is 9.84. The molecule has 6 nitrogen and oxygen atoms in total. The predicted molar refractivity (Wildman–Crippen MR) is 146 cm³/mol. The van der Waals surface area contributed by atoms with Gasteiger partial charge >= 0.3 is 0 Å². The standard InChI is InChI=1S/C29H34N2O4S/c1-5-8-23-17-24(29-30-28(33-6-2)21(4)36-29)9-12-27(23)35-16-7-15-34-25-10-11-26-22(18-25)13-14-31(26)20(3)19-32/h9-14,17-20H,5-8,15-16H2,1-4H3/t20-/m1/s1. The third-order valence-electron chi connectivity index (χ3n) is 6.00. The third-order valence-corrected chi connectivity index (χ3v) is 7.01. The first-order chi connectivity index (χ1) is 17.5. The number of rotatable bonds is 13. The number of ether oxygens (including phenoxy) is 3. The SMILES string of the molecule is CCCc1cc(-c2nc(OCC)c(C)s2)ccc1OCCCOc1ccc2c(ccn2[C@H](C)C=O)c1. The van der Waals surface area contributed by atoms with E-state index in [0.717, 1.165) is 69.3 Å². The molecule has 0 N–H and O–H groups in total. The van der Waals surface area contributed by atoms with Crippen molar-refractivity contribution in [2.75, 3.05) is 19.8 Å². The van der Waals surface area contributed by atoms with Gasteiger partial charge in [-0.15, -0.1) is 11.3 Å². The number of aryl methyl sites for hydroxylation is 2.